The lowest BCUT2D eigenvalue weighted by Crippen LogP contribution is -2.48. The van der Waals surface area contributed by atoms with E-state index in [2.05, 4.69) is 27.1 Å². The molecule has 0 bridgehead atoms. The number of nitrogens with zero attached hydrogens (tertiary/aromatic N) is 1. The lowest BCUT2D eigenvalue weighted by atomic mass is 10.1. The highest BCUT2D eigenvalue weighted by Crippen LogP contribution is 2.13. The SMILES string of the molecule is C[C@@H](NC(=O)[C@H](Cc1ccc(O)cc1)N=C(N)N)C(=O)NCCCc1ccccc1.N=C(N)N. The average molecular weight is 471 g/mol. The Balaban J connectivity index is 0.00000133. The summed E-state index contributed by atoms with van der Waals surface area (Å²) in [5.74, 6) is -1.15. The maximum atomic E-state index is 12.6. The van der Waals surface area contributed by atoms with E-state index in [1.807, 2.05) is 30.3 Å². The van der Waals surface area contributed by atoms with Crippen LogP contribution in [0.25, 0.3) is 0 Å². The van der Waals surface area contributed by atoms with Crippen LogP contribution in [0.4, 0.5) is 0 Å². The number of phenolic OH excluding ortho intramolecular Hbond substituents is 1. The predicted molar refractivity (Wildman–Crippen MR) is 133 cm³/mol. The van der Waals surface area contributed by atoms with Gasteiger partial charge in [0.25, 0.3) is 0 Å². The molecule has 0 aliphatic heterocycles. The van der Waals surface area contributed by atoms with Crippen LogP contribution in [0.5, 0.6) is 5.75 Å². The monoisotopic (exact) mass is 470 g/mol. The van der Waals surface area contributed by atoms with Crippen LogP contribution in [0.3, 0.4) is 0 Å². The predicted octanol–water partition coefficient (Wildman–Crippen LogP) is -0.331. The summed E-state index contributed by atoms with van der Waals surface area (Å²) in [6.07, 6.45) is 1.89. The van der Waals surface area contributed by atoms with Crippen molar-refractivity contribution in [3.63, 3.8) is 0 Å². The first-order valence-corrected chi connectivity index (χ1v) is 10.7. The van der Waals surface area contributed by atoms with E-state index in [0.29, 0.717) is 6.54 Å². The number of amides is 2. The van der Waals surface area contributed by atoms with Crippen molar-refractivity contribution in [3.8, 4) is 5.75 Å². The molecule has 2 aromatic carbocycles. The number of aromatic hydroxyl groups is 1. The quantitative estimate of drug-likeness (QED) is 0.131. The molecule has 0 aliphatic carbocycles. The first-order chi connectivity index (χ1) is 16.1. The molecule has 2 aromatic rings. The Hall–Kier alpha value is -4.28. The molecule has 0 saturated carbocycles. The maximum Gasteiger partial charge on any atom is 0.245 e. The van der Waals surface area contributed by atoms with Crippen molar-refractivity contribution in [2.24, 2.45) is 27.9 Å². The van der Waals surface area contributed by atoms with E-state index in [1.165, 1.54) is 17.7 Å². The number of aliphatic imine (C=N–C) groups is 1. The highest BCUT2D eigenvalue weighted by Gasteiger charge is 2.23. The van der Waals surface area contributed by atoms with Gasteiger partial charge in [0.2, 0.25) is 11.8 Å². The number of aryl methyl sites for hydroxylation is 1. The van der Waals surface area contributed by atoms with Crippen molar-refractivity contribution in [2.45, 2.75) is 38.3 Å². The Kier molecular flexibility index (Phi) is 12.0. The lowest BCUT2D eigenvalue weighted by Gasteiger charge is -2.18. The number of phenols is 1. The Morgan fingerprint density at radius 3 is 2.12 bits per heavy atom. The first-order valence-electron chi connectivity index (χ1n) is 10.7. The van der Waals surface area contributed by atoms with Crippen LogP contribution < -0.4 is 33.6 Å². The van der Waals surface area contributed by atoms with Gasteiger partial charge in [-0.1, -0.05) is 42.5 Å². The second kappa shape index (κ2) is 14.7. The summed E-state index contributed by atoms with van der Waals surface area (Å²) in [5, 5.41) is 20.9. The Bertz CT molecular complexity index is 940. The normalized spacial score (nSPS) is 11.7. The van der Waals surface area contributed by atoms with Gasteiger partial charge in [-0.25, -0.2) is 4.99 Å². The standard InChI is InChI=1S/C22H29N5O3.CH5N3/c1-15(20(29)25-13-5-8-16-6-3-2-4-7-16)26-21(30)19(27-22(23)24)14-17-9-11-18(28)12-10-17;2-1(3)4/h2-4,6-7,9-12,15,19,28H,5,8,13-14H2,1H3,(H,25,29)(H,26,30)(H4,23,24,27);(H5,2,3,4)/t15-,19+;/m1./s1. The molecule has 0 aromatic heterocycles. The lowest BCUT2D eigenvalue weighted by molar-refractivity contribution is -0.129. The molecule has 0 saturated heterocycles. The third kappa shape index (κ3) is 11.9. The van der Waals surface area contributed by atoms with Crippen LogP contribution >= 0.6 is 0 Å². The molecule has 184 valence electrons. The molecular formula is C23H34N8O3. The van der Waals surface area contributed by atoms with Crippen molar-refractivity contribution in [1.29, 1.82) is 5.41 Å². The molecule has 12 N–H and O–H groups in total. The van der Waals surface area contributed by atoms with E-state index in [9.17, 15) is 14.7 Å². The fourth-order valence-electron chi connectivity index (χ4n) is 2.91. The minimum atomic E-state index is -0.882. The zero-order valence-corrected chi connectivity index (χ0v) is 19.2. The fourth-order valence-corrected chi connectivity index (χ4v) is 2.91. The molecule has 0 fully saturated rings. The van der Waals surface area contributed by atoms with E-state index in [0.717, 1.165) is 18.4 Å². The summed E-state index contributed by atoms with van der Waals surface area (Å²) in [7, 11) is 0. The zero-order chi connectivity index (χ0) is 25.5. The smallest absolute Gasteiger partial charge is 0.245 e. The third-order valence-corrected chi connectivity index (χ3v) is 4.51. The molecule has 2 rings (SSSR count). The van der Waals surface area contributed by atoms with Gasteiger partial charge in [0.05, 0.1) is 0 Å². The van der Waals surface area contributed by atoms with Crippen molar-refractivity contribution in [2.75, 3.05) is 6.54 Å². The molecule has 0 aliphatic rings. The van der Waals surface area contributed by atoms with E-state index < -0.39 is 18.0 Å². The van der Waals surface area contributed by atoms with Gasteiger partial charge in [0, 0.05) is 13.0 Å². The summed E-state index contributed by atoms with van der Waals surface area (Å²) in [4.78, 5) is 28.9. The van der Waals surface area contributed by atoms with Crippen molar-refractivity contribution >= 4 is 23.7 Å². The Morgan fingerprint density at radius 1 is 0.971 bits per heavy atom. The number of nitrogens with one attached hydrogen (secondary N) is 3. The van der Waals surface area contributed by atoms with Crippen LogP contribution in [0.1, 0.15) is 24.5 Å². The van der Waals surface area contributed by atoms with E-state index in [-0.39, 0.29) is 30.0 Å². The molecule has 0 radical (unpaired) electrons. The number of rotatable bonds is 10. The number of benzene rings is 2. The molecule has 0 heterocycles. The number of guanidine groups is 2. The third-order valence-electron chi connectivity index (χ3n) is 4.51. The minimum absolute atomic E-state index is 0.124. The van der Waals surface area contributed by atoms with Crippen LogP contribution in [0, 0.1) is 5.41 Å². The number of hydrogen-bond donors (Lipinski definition) is 8. The molecule has 34 heavy (non-hydrogen) atoms. The molecular weight excluding hydrogens is 436 g/mol. The van der Waals surface area contributed by atoms with Gasteiger partial charge < -0.3 is 38.7 Å². The van der Waals surface area contributed by atoms with E-state index in [4.69, 9.17) is 16.9 Å². The Labute approximate surface area is 199 Å². The molecule has 0 spiro atoms. The summed E-state index contributed by atoms with van der Waals surface area (Å²) in [6.45, 7) is 2.12. The second-order valence-electron chi connectivity index (χ2n) is 7.51. The van der Waals surface area contributed by atoms with Crippen LogP contribution in [0.15, 0.2) is 59.6 Å². The van der Waals surface area contributed by atoms with Gasteiger partial charge in [-0.05, 0) is 43.0 Å². The summed E-state index contributed by atoms with van der Waals surface area (Å²) in [6, 6.07) is 14.8. The van der Waals surface area contributed by atoms with Gasteiger partial charge in [-0.2, -0.15) is 0 Å². The average Bonchev–Trinajstić information content (AvgIpc) is 2.77. The van der Waals surface area contributed by atoms with Crippen LogP contribution in [-0.4, -0.2) is 47.5 Å². The van der Waals surface area contributed by atoms with Gasteiger partial charge in [0.1, 0.15) is 17.8 Å². The largest absolute Gasteiger partial charge is 0.508 e. The summed E-state index contributed by atoms with van der Waals surface area (Å²) in [5.41, 5.74) is 21.8. The van der Waals surface area contributed by atoms with E-state index in [1.54, 1.807) is 19.1 Å². The van der Waals surface area contributed by atoms with Crippen LogP contribution in [0.2, 0.25) is 0 Å². The van der Waals surface area contributed by atoms with Crippen molar-refractivity contribution in [1.82, 2.24) is 10.6 Å². The number of carbonyl (C=O) groups excluding carboxylic acids is 2. The minimum Gasteiger partial charge on any atom is -0.508 e. The highest BCUT2D eigenvalue weighted by atomic mass is 16.3. The first kappa shape index (κ1) is 27.8. The Morgan fingerprint density at radius 2 is 1.56 bits per heavy atom. The summed E-state index contributed by atoms with van der Waals surface area (Å²) >= 11 is 0. The fraction of sp³-hybridized carbons (Fsp3) is 0.304. The van der Waals surface area contributed by atoms with Gasteiger partial charge >= 0.3 is 0 Å². The molecule has 0 unspecified atom stereocenters. The van der Waals surface area contributed by atoms with E-state index >= 15 is 0 Å². The van der Waals surface area contributed by atoms with Gasteiger partial charge in [-0.15, -0.1) is 0 Å². The number of carbonyl (C=O) groups is 2. The number of hydrogen-bond acceptors (Lipinski definition) is 5. The van der Waals surface area contributed by atoms with Gasteiger partial charge in [-0.3, -0.25) is 15.0 Å². The van der Waals surface area contributed by atoms with Crippen molar-refractivity contribution < 1.29 is 14.7 Å². The maximum absolute atomic E-state index is 12.6. The highest BCUT2D eigenvalue weighted by molar-refractivity contribution is 5.91. The topological polar surface area (TPSA) is 219 Å². The molecule has 11 nitrogen and oxygen atoms in total. The molecule has 2 atom stereocenters. The van der Waals surface area contributed by atoms with Crippen LogP contribution in [-0.2, 0) is 22.4 Å². The van der Waals surface area contributed by atoms with Crippen molar-refractivity contribution in [3.05, 3.63) is 65.7 Å². The number of nitrogens with two attached hydrogens (primary N) is 4. The second-order valence-corrected chi connectivity index (χ2v) is 7.51. The molecule has 2 amide bonds. The molecule has 11 heteroatoms. The summed E-state index contributed by atoms with van der Waals surface area (Å²) < 4.78 is 0. The van der Waals surface area contributed by atoms with Gasteiger partial charge in [0.15, 0.2) is 11.9 Å². The zero-order valence-electron chi connectivity index (χ0n) is 19.2.